The predicted octanol–water partition coefficient (Wildman–Crippen LogP) is 2.01. The summed E-state index contributed by atoms with van der Waals surface area (Å²) in [5, 5.41) is 12.2. The molecule has 0 aliphatic carbocycles. The number of carbonyl (C=O) groups excluding carboxylic acids is 1. The summed E-state index contributed by atoms with van der Waals surface area (Å²) >= 11 is 0. The Morgan fingerprint density at radius 2 is 1.96 bits per heavy atom. The fraction of sp³-hybridized carbons (Fsp3) is 0.600. The van der Waals surface area contributed by atoms with Crippen LogP contribution >= 0.6 is 0 Å². The van der Waals surface area contributed by atoms with Gasteiger partial charge in [0.25, 0.3) is 0 Å². The van der Waals surface area contributed by atoms with Crippen molar-refractivity contribution in [1.29, 1.82) is 5.26 Å². The van der Waals surface area contributed by atoms with Gasteiger partial charge in [-0.1, -0.05) is 19.9 Å². The highest BCUT2D eigenvalue weighted by Crippen LogP contribution is 2.19. The number of nitrogens with one attached hydrogen (secondary N) is 1. The monoisotopic (exact) mass is 376 g/mol. The fourth-order valence-corrected chi connectivity index (χ4v) is 3.01. The number of hydrogen-bond donors (Lipinski definition) is 1. The Bertz CT molecular complexity index is 696. The van der Waals surface area contributed by atoms with E-state index in [0.717, 1.165) is 31.7 Å². The van der Waals surface area contributed by atoms with Crippen LogP contribution in [0, 0.1) is 23.1 Å². The van der Waals surface area contributed by atoms with Crippen molar-refractivity contribution >= 4 is 5.91 Å². The standard InChI is InChI=1S/C20H29FN4O2/c1-15(2)20(3,14-22)23-19(26)13-25-9-7-24(8-10-25)12-16-5-6-18(27-4)17(21)11-16/h5-6,11,15H,7-10,12-13H2,1-4H3,(H,23,26). The minimum Gasteiger partial charge on any atom is -0.494 e. The predicted molar refractivity (Wildman–Crippen MR) is 102 cm³/mol. The highest BCUT2D eigenvalue weighted by atomic mass is 19.1. The molecule has 1 fully saturated rings. The molecule has 27 heavy (non-hydrogen) atoms. The summed E-state index contributed by atoms with van der Waals surface area (Å²) in [6.45, 7) is 9.68. The van der Waals surface area contributed by atoms with Gasteiger partial charge in [0.1, 0.15) is 5.54 Å². The lowest BCUT2D eigenvalue weighted by atomic mass is 9.90. The van der Waals surface area contributed by atoms with Gasteiger partial charge in [-0.15, -0.1) is 0 Å². The van der Waals surface area contributed by atoms with Gasteiger partial charge in [0.2, 0.25) is 5.91 Å². The Morgan fingerprint density at radius 3 is 2.48 bits per heavy atom. The smallest absolute Gasteiger partial charge is 0.235 e. The molecule has 1 saturated heterocycles. The van der Waals surface area contributed by atoms with Crippen LogP contribution in [-0.4, -0.2) is 61.1 Å². The van der Waals surface area contributed by atoms with E-state index in [4.69, 9.17) is 4.74 Å². The van der Waals surface area contributed by atoms with Gasteiger partial charge < -0.3 is 10.1 Å². The van der Waals surface area contributed by atoms with Crippen molar-refractivity contribution < 1.29 is 13.9 Å². The third kappa shape index (κ3) is 5.65. The molecule has 1 amide bonds. The average molecular weight is 376 g/mol. The molecule has 0 radical (unpaired) electrons. The topological polar surface area (TPSA) is 68.6 Å². The Kier molecular flexibility index (Phi) is 7.17. The number of ether oxygens (including phenoxy) is 1. The summed E-state index contributed by atoms with van der Waals surface area (Å²) in [5.74, 6) is -0.192. The number of hydrogen-bond acceptors (Lipinski definition) is 5. The highest BCUT2D eigenvalue weighted by molar-refractivity contribution is 5.79. The Morgan fingerprint density at radius 1 is 1.33 bits per heavy atom. The van der Waals surface area contributed by atoms with Gasteiger partial charge in [-0.05, 0) is 30.5 Å². The molecule has 1 aliphatic rings. The maximum Gasteiger partial charge on any atom is 0.235 e. The van der Waals surface area contributed by atoms with E-state index in [1.54, 1.807) is 13.0 Å². The number of nitrogens with zero attached hydrogens (tertiary/aromatic N) is 3. The van der Waals surface area contributed by atoms with E-state index < -0.39 is 5.54 Å². The van der Waals surface area contributed by atoms with E-state index in [0.29, 0.717) is 6.54 Å². The maximum absolute atomic E-state index is 13.8. The van der Waals surface area contributed by atoms with Crippen LogP contribution in [0.3, 0.4) is 0 Å². The number of carbonyl (C=O) groups is 1. The summed E-state index contributed by atoms with van der Waals surface area (Å²) in [4.78, 5) is 16.6. The molecule has 0 spiro atoms. The normalized spacial score (nSPS) is 18.0. The lowest BCUT2D eigenvalue weighted by molar-refractivity contribution is -0.124. The van der Waals surface area contributed by atoms with Gasteiger partial charge in [0, 0.05) is 32.7 Å². The molecule has 6 nitrogen and oxygen atoms in total. The van der Waals surface area contributed by atoms with Crippen molar-refractivity contribution in [2.24, 2.45) is 5.92 Å². The van der Waals surface area contributed by atoms with E-state index in [-0.39, 0.29) is 29.9 Å². The van der Waals surface area contributed by atoms with E-state index >= 15 is 0 Å². The number of methoxy groups -OCH3 is 1. The molecule has 1 N–H and O–H groups in total. The number of nitriles is 1. The summed E-state index contributed by atoms with van der Waals surface area (Å²) in [5.41, 5.74) is 0.0540. The van der Waals surface area contributed by atoms with Gasteiger partial charge in [-0.2, -0.15) is 5.26 Å². The highest BCUT2D eigenvalue weighted by Gasteiger charge is 2.30. The molecular weight excluding hydrogens is 347 g/mol. The van der Waals surface area contributed by atoms with Crippen molar-refractivity contribution in [2.45, 2.75) is 32.9 Å². The van der Waals surface area contributed by atoms with Crippen LogP contribution in [-0.2, 0) is 11.3 Å². The third-order valence-electron chi connectivity index (χ3n) is 5.24. The first kappa shape index (κ1) is 21.1. The maximum atomic E-state index is 13.8. The van der Waals surface area contributed by atoms with Gasteiger partial charge in [0.15, 0.2) is 11.6 Å². The molecule has 1 aromatic rings. The van der Waals surface area contributed by atoms with Crippen molar-refractivity contribution in [2.75, 3.05) is 39.8 Å². The number of halogens is 1. The Labute approximate surface area is 160 Å². The molecule has 1 atom stereocenters. The van der Waals surface area contributed by atoms with Crippen LogP contribution in [0.4, 0.5) is 4.39 Å². The van der Waals surface area contributed by atoms with Gasteiger partial charge in [-0.3, -0.25) is 14.6 Å². The first-order chi connectivity index (χ1) is 12.8. The largest absolute Gasteiger partial charge is 0.494 e. The van der Waals surface area contributed by atoms with Gasteiger partial charge in [0.05, 0.1) is 19.7 Å². The second-order valence-electron chi connectivity index (χ2n) is 7.54. The molecule has 1 unspecified atom stereocenters. The van der Waals surface area contributed by atoms with Crippen LogP contribution in [0.15, 0.2) is 18.2 Å². The number of amides is 1. The van der Waals surface area contributed by atoms with Gasteiger partial charge >= 0.3 is 0 Å². The van der Waals surface area contributed by atoms with E-state index in [1.807, 2.05) is 19.9 Å². The Hall–Kier alpha value is -2.17. The number of benzene rings is 1. The summed E-state index contributed by atoms with van der Waals surface area (Å²) < 4.78 is 18.8. The minimum atomic E-state index is -0.850. The second-order valence-corrected chi connectivity index (χ2v) is 7.54. The van der Waals surface area contributed by atoms with Crippen LogP contribution in [0.1, 0.15) is 26.3 Å². The molecule has 0 aromatic heterocycles. The quantitative estimate of drug-likeness (QED) is 0.788. The fourth-order valence-electron chi connectivity index (χ4n) is 3.01. The van der Waals surface area contributed by atoms with Crippen LogP contribution in [0.2, 0.25) is 0 Å². The van der Waals surface area contributed by atoms with Crippen LogP contribution < -0.4 is 10.1 Å². The molecule has 0 bridgehead atoms. The third-order valence-corrected chi connectivity index (χ3v) is 5.24. The zero-order chi connectivity index (χ0) is 20.0. The first-order valence-corrected chi connectivity index (χ1v) is 9.26. The van der Waals surface area contributed by atoms with E-state index in [9.17, 15) is 14.4 Å². The van der Waals surface area contributed by atoms with Crippen molar-refractivity contribution in [3.05, 3.63) is 29.6 Å². The molecule has 148 valence electrons. The minimum absolute atomic E-state index is 0.0354. The van der Waals surface area contributed by atoms with Crippen LogP contribution in [0.5, 0.6) is 5.75 Å². The van der Waals surface area contributed by atoms with E-state index in [2.05, 4.69) is 21.2 Å². The zero-order valence-corrected chi connectivity index (χ0v) is 16.6. The average Bonchev–Trinajstić information content (AvgIpc) is 2.63. The van der Waals surface area contributed by atoms with E-state index in [1.165, 1.54) is 13.2 Å². The van der Waals surface area contributed by atoms with Crippen molar-refractivity contribution in [3.8, 4) is 11.8 Å². The van der Waals surface area contributed by atoms with Gasteiger partial charge in [-0.25, -0.2) is 4.39 Å². The molecule has 1 aromatic carbocycles. The molecule has 1 aliphatic heterocycles. The Balaban J connectivity index is 1.81. The second kappa shape index (κ2) is 9.16. The first-order valence-electron chi connectivity index (χ1n) is 9.26. The molecular formula is C20H29FN4O2. The van der Waals surface area contributed by atoms with Crippen molar-refractivity contribution in [3.63, 3.8) is 0 Å². The number of rotatable bonds is 7. The number of piperazine rings is 1. The summed E-state index contributed by atoms with van der Waals surface area (Å²) in [6.07, 6.45) is 0. The molecule has 1 heterocycles. The summed E-state index contributed by atoms with van der Waals surface area (Å²) in [6, 6.07) is 7.22. The van der Waals surface area contributed by atoms with Crippen LogP contribution in [0.25, 0.3) is 0 Å². The molecule has 7 heteroatoms. The molecule has 0 saturated carbocycles. The molecule has 2 rings (SSSR count). The lowest BCUT2D eigenvalue weighted by Gasteiger charge is -2.35. The lowest BCUT2D eigenvalue weighted by Crippen LogP contribution is -2.54. The van der Waals surface area contributed by atoms with Crippen molar-refractivity contribution in [1.82, 2.24) is 15.1 Å². The summed E-state index contributed by atoms with van der Waals surface area (Å²) in [7, 11) is 1.45. The SMILES string of the molecule is COc1ccc(CN2CCN(CC(=O)NC(C)(C#N)C(C)C)CC2)cc1F. The zero-order valence-electron chi connectivity index (χ0n) is 16.6.